The molecule has 1 amide bonds. The van der Waals surface area contributed by atoms with E-state index in [1.165, 1.54) is 0 Å². The van der Waals surface area contributed by atoms with E-state index in [-0.39, 0.29) is 18.6 Å². The van der Waals surface area contributed by atoms with Gasteiger partial charge in [-0.15, -0.1) is 0 Å². The molecule has 1 aromatic rings. The third kappa shape index (κ3) is 2.81. The van der Waals surface area contributed by atoms with Crippen LogP contribution in [0.3, 0.4) is 0 Å². The van der Waals surface area contributed by atoms with Crippen molar-refractivity contribution >= 4 is 5.91 Å². The molecule has 0 bridgehead atoms. The van der Waals surface area contributed by atoms with Crippen LogP contribution in [0.1, 0.15) is 23.8 Å². The van der Waals surface area contributed by atoms with Gasteiger partial charge in [0.1, 0.15) is 5.69 Å². The zero-order chi connectivity index (χ0) is 10.4. The first-order valence-corrected chi connectivity index (χ1v) is 4.60. The van der Waals surface area contributed by atoms with E-state index in [4.69, 9.17) is 5.11 Å². The van der Waals surface area contributed by atoms with Crippen LogP contribution in [0, 0.1) is 0 Å². The van der Waals surface area contributed by atoms with E-state index in [0.717, 1.165) is 0 Å². The molecule has 4 heteroatoms. The van der Waals surface area contributed by atoms with Gasteiger partial charge in [-0.25, -0.2) is 0 Å². The van der Waals surface area contributed by atoms with E-state index >= 15 is 0 Å². The van der Waals surface area contributed by atoms with Gasteiger partial charge in [0.15, 0.2) is 0 Å². The molecule has 1 rings (SSSR count). The fourth-order valence-corrected chi connectivity index (χ4v) is 1.03. The first-order valence-electron chi connectivity index (χ1n) is 4.60. The molecule has 1 aromatic heterocycles. The van der Waals surface area contributed by atoms with Crippen molar-refractivity contribution in [3.63, 3.8) is 0 Å². The second-order valence-electron chi connectivity index (χ2n) is 2.98. The number of hydrogen-bond donors (Lipinski definition) is 2. The molecular formula is C10H14N2O2. The first-order chi connectivity index (χ1) is 6.77. The molecular weight excluding hydrogens is 180 g/mol. The predicted molar refractivity (Wildman–Crippen MR) is 52.9 cm³/mol. The van der Waals surface area contributed by atoms with Crippen LogP contribution in [0.4, 0.5) is 0 Å². The number of nitrogens with one attached hydrogen (secondary N) is 1. The number of aliphatic hydroxyl groups is 1. The summed E-state index contributed by atoms with van der Waals surface area (Å²) in [4.78, 5) is 15.4. The molecule has 2 N–H and O–H groups in total. The molecule has 0 aliphatic rings. The molecule has 1 heterocycles. The number of hydrogen-bond acceptors (Lipinski definition) is 3. The Morgan fingerprint density at radius 2 is 2.43 bits per heavy atom. The Bertz CT molecular complexity index is 283. The average Bonchev–Trinajstić information content (AvgIpc) is 2.26. The van der Waals surface area contributed by atoms with Crippen molar-refractivity contribution in [1.82, 2.24) is 10.3 Å². The van der Waals surface area contributed by atoms with Crippen LogP contribution in [0.2, 0.25) is 0 Å². The van der Waals surface area contributed by atoms with Crippen LogP contribution < -0.4 is 5.32 Å². The number of nitrogens with zero attached hydrogens (tertiary/aromatic N) is 1. The SMILES string of the molecule is CC[C@H](CO)NC(=O)c1ccccn1. The van der Waals surface area contributed by atoms with Crippen LogP contribution in [0.5, 0.6) is 0 Å². The molecule has 4 nitrogen and oxygen atoms in total. The zero-order valence-corrected chi connectivity index (χ0v) is 8.10. The topological polar surface area (TPSA) is 62.2 Å². The van der Waals surface area contributed by atoms with E-state index in [1.54, 1.807) is 24.4 Å². The lowest BCUT2D eigenvalue weighted by Crippen LogP contribution is -2.37. The van der Waals surface area contributed by atoms with Gasteiger partial charge in [0.2, 0.25) is 0 Å². The first kappa shape index (κ1) is 10.7. The lowest BCUT2D eigenvalue weighted by molar-refractivity contribution is 0.0910. The van der Waals surface area contributed by atoms with Gasteiger partial charge >= 0.3 is 0 Å². The van der Waals surface area contributed by atoms with E-state index in [2.05, 4.69) is 10.3 Å². The van der Waals surface area contributed by atoms with Crippen molar-refractivity contribution in [2.75, 3.05) is 6.61 Å². The van der Waals surface area contributed by atoms with Gasteiger partial charge in [-0.05, 0) is 18.6 Å². The molecule has 0 aliphatic heterocycles. The van der Waals surface area contributed by atoms with Crippen LogP contribution in [-0.4, -0.2) is 28.6 Å². The minimum atomic E-state index is -0.244. The Kier molecular flexibility index (Phi) is 4.07. The van der Waals surface area contributed by atoms with Gasteiger partial charge in [0, 0.05) is 6.20 Å². The summed E-state index contributed by atoms with van der Waals surface area (Å²) in [7, 11) is 0. The number of amides is 1. The zero-order valence-electron chi connectivity index (χ0n) is 8.10. The summed E-state index contributed by atoms with van der Waals surface area (Å²) in [5.74, 6) is -0.244. The highest BCUT2D eigenvalue weighted by Gasteiger charge is 2.11. The van der Waals surface area contributed by atoms with E-state index in [1.807, 2.05) is 6.92 Å². The minimum Gasteiger partial charge on any atom is -0.394 e. The largest absolute Gasteiger partial charge is 0.394 e. The highest BCUT2D eigenvalue weighted by molar-refractivity contribution is 5.92. The van der Waals surface area contributed by atoms with Gasteiger partial charge in [0.25, 0.3) is 5.91 Å². The summed E-state index contributed by atoms with van der Waals surface area (Å²) < 4.78 is 0. The second kappa shape index (κ2) is 5.34. The standard InChI is InChI=1S/C10H14N2O2/c1-2-8(7-13)12-10(14)9-5-3-4-6-11-9/h3-6,8,13H,2,7H2,1H3,(H,12,14)/t8-/m1/s1. The molecule has 0 saturated heterocycles. The average molecular weight is 194 g/mol. The quantitative estimate of drug-likeness (QED) is 0.737. The van der Waals surface area contributed by atoms with Crippen LogP contribution in [-0.2, 0) is 0 Å². The summed E-state index contributed by atoms with van der Waals surface area (Å²) in [6.45, 7) is 1.86. The molecule has 0 fully saturated rings. The molecule has 0 saturated carbocycles. The number of pyridine rings is 1. The van der Waals surface area contributed by atoms with E-state index < -0.39 is 0 Å². The van der Waals surface area contributed by atoms with Crippen LogP contribution in [0.15, 0.2) is 24.4 Å². The Hall–Kier alpha value is -1.42. The van der Waals surface area contributed by atoms with Gasteiger partial charge in [-0.2, -0.15) is 0 Å². The summed E-state index contributed by atoms with van der Waals surface area (Å²) in [6.07, 6.45) is 2.27. The summed E-state index contributed by atoms with van der Waals surface area (Å²) >= 11 is 0. The fourth-order valence-electron chi connectivity index (χ4n) is 1.03. The van der Waals surface area contributed by atoms with Gasteiger partial charge in [-0.1, -0.05) is 13.0 Å². The van der Waals surface area contributed by atoms with E-state index in [0.29, 0.717) is 12.1 Å². The maximum Gasteiger partial charge on any atom is 0.270 e. The maximum absolute atomic E-state index is 11.5. The summed E-state index contributed by atoms with van der Waals surface area (Å²) in [6, 6.07) is 4.95. The number of rotatable bonds is 4. The Labute approximate surface area is 83.0 Å². The second-order valence-corrected chi connectivity index (χ2v) is 2.98. The van der Waals surface area contributed by atoms with Crippen molar-refractivity contribution < 1.29 is 9.90 Å². The molecule has 14 heavy (non-hydrogen) atoms. The van der Waals surface area contributed by atoms with Crippen molar-refractivity contribution in [2.45, 2.75) is 19.4 Å². The Morgan fingerprint density at radius 1 is 1.64 bits per heavy atom. The monoisotopic (exact) mass is 194 g/mol. The highest BCUT2D eigenvalue weighted by Crippen LogP contribution is 1.96. The van der Waals surface area contributed by atoms with Crippen LogP contribution in [0.25, 0.3) is 0 Å². The fraction of sp³-hybridized carbons (Fsp3) is 0.400. The molecule has 76 valence electrons. The molecule has 1 atom stereocenters. The summed E-state index contributed by atoms with van der Waals surface area (Å²) in [5, 5.41) is 11.6. The van der Waals surface area contributed by atoms with E-state index in [9.17, 15) is 4.79 Å². The summed E-state index contributed by atoms with van der Waals surface area (Å²) in [5.41, 5.74) is 0.374. The number of carbonyl (C=O) groups excluding carboxylic acids is 1. The normalized spacial score (nSPS) is 12.1. The maximum atomic E-state index is 11.5. The molecule has 0 radical (unpaired) electrons. The Morgan fingerprint density at radius 3 is 2.93 bits per heavy atom. The number of carbonyl (C=O) groups is 1. The van der Waals surface area contributed by atoms with Crippen molar-refractivity contribution in [3.8, 4) is 0 Å². The minimum absolute atomic E-state index is 0.0466. The third-order valence-corrected chi connectivity index (χ3v) is 1.95. The molecule has 0 aromatic carbocycles. The highest BCUT2D eigenvalue weighted by atomic mass is 16.3. The molecule has 0 aliphatic carbocycles. The van der Waals surface area contributed by atoms with Crippen molar-refractivity contribution in [1.29, 1.82) is 0 Å². The van der Waals surface area contributed by atoms with Gasteiger partial charge < -0.3 is 10.4 Å². The lowest BCUT2D eigenvalue weighted by Gasteiger charge is -2.13. The van der Waals surface area contributed by atoms with Crippen molar-refractivity contribution in [2.24, 2.45) is 0 Å². The number of aromatic nitrogens is 1. The van der Waals surface area contributed by atoms with Crippen LogP contribution >= 0.6 is 0 Å². The lowest BCUT2D eigenvalue weighted by atomic mass is 10.2. The predicted octanol–water partition coefficient (Wildman–Crippen LogP) is 0.582. The van der Waals surface area contributed by atoms with Gasteiger partial charge in [-0.3, -0.25) is 9.78 Å². The molecule has 0 unspecified atom stereocenters. The van der Waals surface area contributed by atoms with Gasteiger partial charge in [0.05, 0.1) is 12.6 Å². The Balaban J connectivity index is 2.59. The number of aliphatic hydroxyl groups excluding tert-OH is 1. The van der Waals surface area contributed by atoms with Crippen molar-refractivity contribution in [3.05, 3.63) is 30.1 Å². The smallest absolute Gasteiger partial charge is 0.270 e. The molecule has 0 spiro atoms. The third-order valence-electron chi connectivity index (χ3n) is 1.95.